The van der Waals surface area contributed by atoms with Crippen LogP contribution in [0.2, 0.25) is 5.02 Å². The Hall–Kier alpha value is -3.73. The van der Waals surface area contributed by atoms with Crippen molar-refractivity contribution >= 4 is 23.4 Å². The molecule has 2 heterocycles. The van der Waals surface area contributed by atoms with Crippen molar-refractivity contribution in [1.82, 2.24) is 14.5 Å². The Morgan fingerprint density at radius 2 is 1.84 bits per heavy atom. The lowest BCUT2D eigenvalue weighted by atomic mass is 10.0. The number of likely N-dealkylation sites (tertiary alicyclic amines) is 1. The van der Waals surface area contributed by atoms with Crippen LogP contribution >= 0.6 is 11.6 Å². The number of piperidine rings is 1. The maximum atomic E-state index is 12.7. The number of carbonyl (C=O) groups excluding carboxylic acids is 2. The molecule has 2 N–H and O–H groups in total. The van der Waals surface area contributed by atoms with Crippen molar-refractivity contribution in [3.8, 4) is 22.8 Å². The molecule has 196 valence electrons. The zero-order valence-corrected chi connectivity index (χ0v) is 20.6. The number of benzene rings is 2. The molecular weight excluding hydrogens is 513 g/mol. The number of nitrogens with two attached hydrogens (primary N) is 1. The molecule has 0 atom stereocenters. The third-order valence-electron chi connectivity index (χ3n) is 5.91. The first kappa shape index (κ1) is 26.3. The summed E-state index contributed by atoms with van der Waals surface area (Å²) in [7, 11) is 1.85. The molecule has 0 bridgehead atoms. The van der Waals surface area contributed by atoms with E-state index in [1.807, 2.05) is 13.2 Å². The Balaban J connectivity index is 1.34. The van der Waals surface area contributed by atoms with Gasteiger partial charge in [-0.2, -0.15) is 0 Å². The summed E-state index contributed by atoms with van der Waals surface area (Å²) < 4.78 is 49.0. The van der Waals surface area contributed by atoms with Crippen LogP contribution in [0.15, 0.2) is 48.9 Å². The number of halogens is 4. The van der Waals surface area contributed by atoms with E-state index in [1.165, 1.54) is 12.1 Å². The summed E-state index contributed by atoms with van der Waals surface area (Å²) in [6, 6.07) is 8.90. The maximum Gasteiger partial charge on any atom is 0.573 e. The normalized spacial score (nSPS) is 14.5. The van der Waals surface area contributed by atoms with Crippen molar-refractivity contribution in [2.24, 2.45) is 12.8 Å². The molecule has 1 aliphatic heterocycles. The number of aryl methyl sites for hydroxylation is 1. The fraction of sp³-hybridized carbons (Fsp3) is 0.320. The van der Waals surface area contributed by atoms with Crippen LogP contribution in [0.4, 0.5) is 13.2 Å². The van der Waals surface area contributed by atoms with E-state index in [0.29, 0.717) is 42.9 Å². The van der Waals surface area contributed by atoms with Gasteiger partial charge in [0.15, 0.2) is 0 Å². The van der Waals surface area contributed by atoms with E-state index < -0.39 is 18.0 Å². The molecule has 2 aromatic carbocycles. The second-order valence-corrected chi connectivity index (χ2v) is 9.09. The zero-order chi connectivity index (χ0) is 26.7. The third kappa shape index (κ3) is 6.73. The van der Waals surface area contributed by atoms with E-state index in [-0.39, 0.29) is 29.0 Å². The molecule has 37 heavy (non-hydrogen) atoms. The molecular formula is C25H24ClF3N4O4. The van der Waals surface area contributed by atoms with E-state index in [0.717, 1.165) is 11.6 Å². The fourth-order valence-corrected chi connectivity index (χ4v) is 4.34. The summed E-state index contributed by atoms with van der Waals surface area (Å²) in [6.45, 7) is 0.842. The van der Waals surface area contributed by atoms with Gasteiger partial charge in [0.1, 0.15) is 17.6 Å². The first-order valence-electron chi connectivity index (χ1n) is 11.4. The van der Waals surface area contributed by atoms with Crippen LogP contribution in [0.5, 0.6) is 11.5 Å². The summed E-state index contributed by atoms with van der Waals surface area (Å²) in [4.78, 5) is 30.8. The van der Waals surface area contributed by atoms with Crippen LogP contribution in [-0.4, -0.2) is 51.8 Å². The second kappa shape index (κ2) is 10.7. The molecule has 8 nitrogen and oxygen atoms in total. The standard InChI is InChI=1S/C25H24ClF3N4O4/c1-32-13-20(31-14-32)16-3-5-21(18(12-16)24(30)35)36-17-6-8-33(9-7-17)23(34)11-15-2-4-22(19(26)10-15)37-25(27,28)29/h2-5,10,12-14,17H,6-9,11H2,1H3,(H2,30,35). The third-order valence-corrected chi connectivity index (χ3v) is 6.21. The predicted octanol–water partition coefficient (Wildman–Crippen LogP) is 4.35. The number of imidazole rings is 1. The summed E-state index contributed by atoms with van der Waals surface area (Å²) in [6.07, 6.45) is -0.547. The van der Waals surface area contributed by atoms with Crippen LogP contribution in [0, 0.1) is 0 Å². The van der Waals surface area contributed by atoms with Crippen LogP contribution < -0.4 is 15.2 Å². The van der Waals surface area contributed by atoms with Crippen molar-refractivity contribution in [1.29, 1.82) is 0 Å². The number of amides is 2. The zero-order valence-electron chi connectivity index (χ0n) is 19.8. The average molecular weight is 537 g/mol. The highest BCUT2D eigenvalue weighted by atomic mass is 35.5. The summed E-state index contributed by atoms with van der Waals surface area (Å²) >= 11 is 5.88. The van der Waals surface area contributed by atoms with E-state index in [2.05, 4.69) is 9.72 Å². The Morgan fingerprint density at radius 3 is 2.43 bits per heavy atom. The largest absolute Gasteiger partial charge is 0.573 e. The van der Waals surface area contributed by atoms with Crippen molar-refractivity contribution in [2.45, 2.75) is 31.7 Å². The minimum absolute atomic E-state index is 0.0155. The van der Waals surface area contributed by atoms with Crippen LogP contribution in [0.25, 0.3) is 11.3 Å². The fourth-order valence-electron chi connectivity index (χ4n) is 4.10. The molecule has 0 radical (unpaired) electrons. The van der Waals surface area contributed by atoms with E-state index >= 15 is 0 Å². The number of ether oxygens (including phenoxy) is 2. The van der Waals surface area contributed by atoms with Gasteiger partial charge in [-0.1, -0.05) is 17.7 Å². The Labute approximate surface area is 215 Å². The van der Waals surface area contributed by atoms with Gasteiger partial charge in [-0.05, 0) is 35.9 Å². The highest BCUT2D eigenvalue weighted by Crippen LogP contribution is 2.31. The minimum atomic E-state index is -4.85. The number of carbonyl (C=O) groups is 2. The first-order valence-corrected chi connectivity index (χ1v) is 11.8. The van der Waals surface area contributed by atoms with Gasteiger partial charge in [0, 0.05) is 44.7 Å². The Morgan fingerprint density at radius 1 is 1.14 bits per heavy atom. The van der Waals surface area contributed by atoms with Crippen LogP contribution in [0.3, 0.4) is 0 Å². The van der Waals surface area contributed by atoms with Crippen molar-refractivity contribution in [3.05, 3.63) is 65.1 Å². The summed E-state index contributed by atoms with van der Waals surface area (Å²) in [5, 5.41) is -0.228. The lowest BCUT2D eigenvalue weighted by molar-refractivity contribution is -0.274. The predicted molar refractivity (Wildman–Crippen MR) is 129 cm³/mol. The molecule has 0 spiro atoms. The molecule has 12 heteroatoms. The number of alkyl halides is 3. The number of rotatable bonds is 7. The molecule has 3 aromatic rings. The van der Waals surface area contributed by atoms with Gasteiger partial charge < -0.3 is 24.7 Å². The lowest BCUT2D eigenvalue weighted by Gasteiger charge is -2.32. The molecule has 1 aromatic heterocycles. The Bertz CT molecular complexity index is 1300. The van der Waals surface area contributed by atoms with Gasteiger partial charge in [0.2, 0.25) is 5.91 Å². The molecule has 0 aliphatic carbocycles. The van der Waals surface area contributed by atoms with Gasteiger partial charge in [-0.3, -0.25) is 9.59 Å². The summed E-state index contributed by atoms with van der Waals surface area (Å²) in [5.74, 6) is -0.957. The molecule has 4 rings (SSSR count). The monoisotopic (exact) mass is 536 g/mol. The van der Waals surface area contributed by atoms with Crippen LogP contribution in [-0.2, 0) is 18.3 Å². The highest BCUT2D eigenvalue weighted by Gasteiger charge is 2.32. The first-order chi connectivity index (χ1) is 17.5. The number of aromatic nitrogens is 2. The molecule has 1 saturated heterocycles. The molecule has 0 unspecified atom stereocenters. The highest BCUT2D eigenvalue weighted by molar-refractivity contribution is 6.32. The number of primary amides is 1. The Kier molecular flexibility index (Phi) is 7.63. The van der Waals surface area contributed by atoms with E-state index in [9.17, 15) is 22.8 Å². The average Bonchev–Trinajstić information content (AvgIpc) is 3.27. The van der Waals surface area contributed by atoms with Crippen molar-refractivity contribution in [2.75, 3.05) is 13.1 Å². The lowest BCUT2D eigenvalue weighted by Crippen LogP contribution is -2.42. The van der Waals surface area contributed by atoms with E-state index in [4.69, 9.17) is 22.1 Å². The minimum Gasteiger partial charge on any atom is -0.489 e. The SMILES string of the molecule is Cn1cnc(-c2ccc(OC3CCN(C(=O)Cc4ccc(OC(F)(F)F)c(Cl)c4)CC3)c(C(N)=O)c2)c1. The quantitative estimate of drug-likeness (QED) is 0.484. The number of hydrogen-bond acceptors (Lipinski definition) is 5. The number of nitrogens with zero attached hydrogens (tertiary/aromatic N) is 3. The van der Waals surface area contributed by atoms with Crippen LogP contribution in [0.1, 0.15) is 28.8 Å². The molecule has 2 amide bonds. The van der Waals surface area contributed by atoms with Gasteiger partial charge in [-0.15, -0.1) is 13.2 Å². The van der Waals surface area contributed by atoms with Gasteiger partial charge >= 0.3 is 6.36 Å². The number of hydrogen-bond donors (Lipinski definition) is 1. The molecule has 0 saturated carbocycles. The van der Waals surface area contributed by atoms with E-state index in [1.54, 1.807) is 34.0 Å². The van der Waals surface area contributed by atoms with Gasteiger partial charge in [0.25, 0.3) is 5.91 Å². The second-order valence-electron chi connectivity index (χ2n) is 8.69. The molecule has 1 aliphatic rings. The van der Waals surface area contributed by atoms with Gasteiger partial charge in [-0.25, -0.2) is 4.98 Å². The maximum absolute atomic E-state index is 12.7. The smallest absolute Gasteiger partial charge is 0.489 e. The van der Waals surface area contributed by atoms with Crippen molar-refractivity contribution < 1.29 is 32.2 Å². The van der Waals surface area contributed by atoms with Crippen molar-refractivity contribution in [3.63, 3.8) is 0 Å². The van der Waals surface area contributed by atoms with Gasteiger partial charge in [0.05, 0.1) is 29.0 Å². The molecule has 1 fully saturated rings. The topological polar surface area (TPSA) is 99.7 Å². The summed E-state index contributed by atoms with van der Waals surface area (Å²) in [5.41, 5.74) is 7.74.